The Kier molecular flexibility index (Phi) is 9.91. The number of aromatic nitrogens is 2. The third kappa shape index (κ3) is 7.46. The Balaban J connectivity index is 0.00000118. The fourth-order valence-corrected chi connectivity index (χ4v) is 5.31. The minimum absolute atomic E-state index is 0.189. The van der Waals surface area contributed by atoms with Gasteiger partial charge in [0.2, 0.25) is 0 Å². The molecule has 0 spiro atoms. The molecule has 1 fully saturated rings. The van der Waals surface area contributed by atoms with Crippen LogP contribution in [0.3, 0.4) is 0 Å². The Morgan fingerprint density at radius 1 is 1.18 bits per heavy atom. The first-order chi connectivity index (χ1) is 19.3. The lowest BCUT2D eigenvalue weighted by molar-refractivity contribution is 0.223. The Labute approximate surface area is 238 Å². The second-order valence-electron chi connectivity index (χ2n) is 10.9. The smallest absolute Gasteiger partial charge is 0.123 e. The van der Waals surface area contributed by atoms with E-state index in [1.54, 1.807) is 23.0 Å². The summed E-state index contributed by atoms with van der Waals surface area (Å²) in [4.78, 5) is 11.9. The van der Waals surface area contributed by atoms with E-state index in [1.807, 2.05) is 32.3 Å². The summed E-state index contributed by atoms with van der Waals surface area (Å²) in [6.45, 7) is 17.4. The van der Waals surface area contributed by atoms with E-state index in [4.69, 9.17) is 9.98 Å². The summed E-state index contributed by atoms with van der Waals surface area (Å²) in [6, 6.07) is 5.32. The zero-order valence-electron chi connectivity index (χ0n) is 24.5. The average molecular weight is 543 g/mol. The zero-order chi connectivity index (χ0) is 28.6. The normalized spacial score (nSPS) is 18.6. The zero-order valence-corrected chi connectivity index (χ0v) is 24.5. The van der Waals surface area contributed by atoms with Gasteiger partial charge in [-0.25, -0.2) is 9.38 Å². The van der Waals surface area contributed by atoms with Crippen LogP contribution in [0.4, 0.5) is 4.39 Å². The lowest BCUT2D eigenvalue weighted by Gasteiger charge is -2.35. The maximum Gasteiger partial charge on any atom is 0.123 e. The molecule has 1 saturated heterocycles. The summed E-state index contributed by atoms with van der Waals surface area (Å²) in [5.41, 5.74) is 7.61. The molecular weight excluding hydrogens is 499 g/mol. The number of likely N-dealkylation sites (tertiary alicyclic amines) is 1. The number of nitrogens with zero attached hydrogens (tertiary/aromatic N) is 5. The fourth-order valence-electron chi connectivity index (χ4n) is 5.31. The molecule has 1 aromatic carbocycles. The molecule has 0 saturated carbocycles. The highest BCUT2D eigenvalue weighted by molar-refractivity contribution is 6.47. The van der Waals surface area contributed by atoms with Crippen molar-refractivity contribution in [2.24, 2.45) is 23.0 Å². The lowest BCUT2D eigenvalue weighted by Crippen LogP contribution is -2.37. The summed E-state index contributed by atoms with van der Waals surface area (Å²) in [5.74, 6) is 0.336. The fraction of sp³-hybridized carbons (Fsp3) is 0.424. The molecular formula is C33H43FN6. The molecule has 7 heteroatoms. The van der Waals surface area contributed by atoms with Crippen molar-refractivity contribution in [3.05, 3.63) is 90.5 Å². The van der Waals surface area contributed by atoms with Crippen molar-refractivity contribution in [1.29, 1.82) is 0 Å². The minimum Gasteiger partial charge on any atom is -0.378 e. The Morgan fingerprint density at radius 2 is 1.93 bits per heavy atom. The first-order valence-electron chi connectivity index (χ1n) is 14.4. The molecule has 40 heavy (non-hydrogen) atoms. The van der Waals surface area contributed by atoms with Gasteiger partial charge in [-0.2, -0.15) is 5.10 Å². The van der Waals surface area contributed by atoms with E-state index in [2.05, 4.69) is 54.5 Å². The molecule has 3 aliphatic heterocycles. The van der Waals surface area contributed by atoms with Gasteiger partial charge < -0.3 is 10.2 Å². The number of aliphatic imine (C=N–C) groups is 2. The largest absolute Gasteiger partial charge is 0.378 e. The van der Waals surface area contributed by atoms with E-state index < -0.39 is 0 Å². The van der Waals surface area contributed by atoms with Crippen LogP contribution in [-0.2, 0) is 13.5 Å². The van der Waals surface area contributed by atoms with Crippen molar-refractivity contribution in [2.45, 2.75) is 58.9 Å². The number of allylic oxidation sites excluding steroid dienone is 2. The SMILES string of the molecule is C=C(NCC(=C)N1CCC(Cc2ccc(F)cc2-c2cnn(C)c2)CC1)C1=NC2=CCC(C=C2)N=C1C.CCC. The van der Waals surface area contributed by atoms with Gasteiger partial charge in [0, 0.05) is 37.6 Å². The van der Waals surface area contributed by atoms with Crippen LogP contribution < -0.4 is 5.32 Å². The van der Waals surface area contributed by atoms with Gasteiger partial charge in [0.15, 0.2) is 0 Å². The van der Waals surface area contributed by atoms with Crippen molar-refractivity contribution in [1.82, 2.24) is 20.0 Å². The maximum atomic E-state index is 14.0. The molecule has 4 aliphatic rings. The van der Waals surface area contributed by atoms with Crippen molar-refractivity contribution in [2.75, 3.05) is 19.6 Å². The molecule has 1 aromatic heterocycles. The van der Waals surface area contributed by atoms with Gasteiger partial charge in [-0.15, -0.1) is 0 Å². The van der Waals surface area contributed by atoms with E-state index in [0.29, 0.717) is 12.5 Å². The second-order valence-corrected chi connectivity index (χ2v) is 10.9. The number of nitrogens with one attached hydrogen (secondary N) is 1. The summed E-state index contributed by atoms with van der Waals surface area (Å²) >= 11 is 0. The third-order valence-electron chi connectivity index (χ3n) is 7.45. The standard InChI is InChI=1S/C30H35FN6.C3H8/c1-20(17-32-21(2)30-22(3)34-27-7-9-28(35-30)10-8-27)37-13-11-23(12-14-37)15-24-5-6-26(31)16-29(24)25-18-33-36(4)19-25;1-3-2/h5-7,9-10,16,18-19,23,27,32H,1-2,8,11-15,17H2,3-4H3;3H2,1-2H3. The lowest BCUT2D eigenvalue weighted by atomic mass is 9.87. The monoisotopic (exact) mass is 542 g/mol. The van der Waals surface area contributed by atoms with Gasteiger partial charge in [-0.1, -0.05) is 51.6 Å². The van der Waals surface area contributed by atoms with E-state index in [9.17, 15) is 4.39 Å². The number of halogens is 1. The van der Waals surface area contributed by atoms with Gasteiger partial charge in [-0.05, 0) is 67.9 Å². The number of hydrogen-bond donors (Lipinski definition) is 1. The molecule has 4 heterocycles. The molecule has 212 valence electrons. The number of benzene rings is 1. The average Bonchev–Trinajstić information content (AvgIpc) is 3.37. The molecule has 1 N–H and O–H groups in total. The predicted octanol–water partition coefficient (Wildman–Crippen LogP) is 6.64. The first kappa shape index (κ1) is 29.2. The Bertz CT molecular complexity index is 1340. The molecule has 2 aromatic rings. The van der Waals surface area contributed by atoms with Crippen molar-refractivity contribution in [3.63, 3.8) is 0 Å². The molecule has 1 atom stereocenters. The molecule has 0 radical (unpaired) electrons. The van der Waals surface area contributed by atoms with E-state index in [1.165, 1.54) is 12.0 Å². The van der Waals surface area contributed by atoms with Crippen LogP contribution in [0.5, 0.6) is 0 Å². The minimum atomic E-state index is -0.213. The van der Waals surface area contributed by atoms with Crippen molar-refractivity contribution < 1.29 is 4.39 Å². The molecule has 6 rings (SSSR count). The number of hydrogen-bond acceptors (Lipinski definition) is 5. The molecule has 2 bridgehead atoms. The highest BCUT2D eigenvalue weighted by atomic mass is 19.1. The maximum absolute atomic E-state index is 14.0. The Morgan fingerprint density at radius 3 is 2.58 bits per heavy atom. The van der Waals surface area contributed by atoms with Crippen molar-refractivity contribution in [3.8, 4) is 11.1 Å². The first-order valence-corrected chi connectivity index (χ1v) is 14.4. The number of aryl methyl sites for hydroxylation is 1. The van der Waals surface area contributed by atoms with Crippen LogP contribution in [0, 0.1) is 11.7 Å². The van der Waals surface area contributed by atoms with Crippen LogP contribution in [0.25, 0.3) is 11.1 Å². The van der Waals surface area contributed by atoms with Gasteiger partial charge in [-0.3, -0.25) is 9.67 Å². The van der Waals surface area contributed by atoms with Crippen LogP contribution in [0.15, 0.2) is 89.1 Å². The molecule has 0 amide bonds. The summed E-state index contributed by atoms with van der Waals surface area (Å²) in [5, 5.41) is 7.70. The number of rotatable bonds is 8. The summed E-state index contributed by atoms with van der Waals surface area (Å²) in [6.07, 6.45) is 15.3. The molecule has 1 unspecified atom stereocenters. The van der Waals surface area contributed by atoms with Gasteiger partial charge >= 0.3 is 0 Å². The molecule has 6 nitrogen and oxygen atoms in total. The summed E-state index contributed by atoms with van der Waals surface area (Å²) in [7, 11) is 1.88. The van der Waals surface area contributed by atoms with E-state index in [0.717, 1.165) is 78.4 Å². The van der Waals surface area contributed by atoms with Crippen LogP contribution in [0.1, 0.15) is 52.0 Å². The topological polar surface area (TPSA) is 57.8 Å². The predicted molar refractivity (Wildman–Crippen MR) is 165 cm³/mol. The van der Waals surface area contributed by atoms with Crippen LogP contribution in [-0.4, -0.2) is 51.8 Å². The third-order valence-corrected chi connectivity index (χ3v) is 7.45. The molecule has 1 aliphatic carbocycles. The van der Waals surface area contributed by atoms with Crippen LogP contribution in [0.2, 0.25) is 0 Å². The van der Waals surface area contributed by atoms with Crippen molar-refractivity contribution >= 4 is 11.4 Å². The van der Waals surface area contributed by atoms with Crippen LogP contribution >= 0.6 is 0 Å². The highest BCUT2D eigenvalue weighted by Crippen LogP contribution is 2.30. The number of piperidine rings is 1. The highest BCUT2D eigenvalue weighted by Gasteiger charge is 2.23. The van der Waals surface area contributed by atoms with Gasteiger partial charge in [0.25, 0.3) is 0 Å². The van der Waals surface area contributed by atoms with Gasteiger partial charge in [0.05, 0.1) is 35.9 Å². The Hall–Kier alpha value is -3.74. The number of fused-ring (bicyclic) bond motifs is 2. The van der Waals surface area contributed by atoms with E-state index in [-0.39, 0.29) is 11.9 Å². The second kappa shape index (κ2) is 13.6. The van der Waals surface area contributed by atoms with Gasteiger partial charge in [0.1, 0.15) is 11.5 Å². The quantitative estimate of drug-likeness (QED) is 0.407. The van der Waals surface area contributed by atoms with E-state index >= 15 is 0 Å². The summed E-state index contributed by atoms with van der Waals surface area (Å²) < 4.78 is 15.8.